The van der Waals surface area contributed by atoms with Crippen LogP contribution in [0.15, 0.2) is 30.3 Å². The van der Waals surface area contributed by atoms with E-state index in [9.17, 15) is 14.7 Å². The van der Waals surface area contributed by atoms with E-state index >= 15 is 0 Å². The number of benzene rings is 1. The number of thiol groups is 1. The van der Waals surface area contributed by atoms with Crippen molar-refractivity contribution in [1.82, 2.24) is 5.32 Å². The summed E-state index contributed by atoms with van der Waals surface area (Å²) in [5, 5.41) is 12.3. The molecule has 3 unspecified atom stereocenters. The molecule has 0 saturated carbocycles. The lowest BCUT2D eigenvalue weighted by Gasteiger charge is -2.27. The number of nitrogens with one attached hydrogen (secondary N) is 1. The average Bonchev–Trinajstić information content (AvgIpc) is 2.49. The van der Waals surface area contributed by atoms with Crippen molar-refractivity contribution >= 4 is 24.5 Å². The van der Waals surface area contributed by atoms with Crippen LogP contribution in [0.3, 0.4) is 0 Å². The second kappa shape index (κ2) is 8.72. The molecule has 0 fully saturated rings. The molecule has 5 heteroatoms. The van der Waals surface area contributed by atoms with Gasteiger partial charge >= 0.3 is 5.97 Å². The zero-order valence-electron chi connectivity index (χ0n) is 12.5. The molecular weight excluding hydrogens is 286 g/mol. The smallest absolute Gasteiger partial charge is 0.307 e. The van der Waals surface area contributed by atoms with Crippen LogP contribution in [0, 0.1) is 11.8 Å². The monoisotopic (exact) mass is 309 g/mol. The maximum atomic E-state index is 12.1. The van der Waals surface area contributed by atoms with E-state index in [1.165, 1.54) is 0 Å². The maximum absolute atomic E-state index is 12.1. The minimum absolute atomic E-state index is 0.180. The lowest BCUT2D eigenvalue weighted by atomic mass is 9.76. The van der Waals surface area contributed by atoms with Gasteiger partial charge < -0.3 is 10.4 Å². The highest BCUT2D eigenvalue weighted by Gasteiger charge is 2.36. The van der Waals surface area contributed by atoms with Gasteiger partial charge in [-0.15, -0.1) is 0 Å². The van der Waals surface area contributed by atoms with E-state index < -0.39 is 17.8 Å². The number of carboxylic acids is 1. The van der Waals surface area contributed by atoms with Crippen LogP contribution in [0.5, 0.6) is 0 Å². The third-order valence-corrected chi connectivity index (χ3v) is 3.97. The fourth-order valence-electron chi connectivity index (χ4n) is 2.63. The molecule has 1 amide bonds. The first-order valence-corrected chi connectivity index (χ1v) is 7.82. The highest BCUT2D eigenvalue weighted by Crippen LogP contribution is 2.33. The van der Waals surface area contributed by atoms with Crippen molar-refractivity contribution in [1.29, 1.82) is 0 Å². The Kier molecular flexibility index (Phi) is 7.29. The first kappa shape index (κ1) is 17.6. The third kappa shape index (κ3) is 4.77. The molecule has 0 spiro atoms. The molecule has 0 aliphatic rings. The zero-order valence-corrected chi connectivity index (χ0v) is 13.3. The highest BCUT2D eigenvalue weighted by molar-refractivity contribution is 7.80. The number of carboxylic acid groups (broad SMARTS) is 1. The predicted octanol–water partition coefficient (Wildman–Crippen LogP) is 2.56. The average molecular weight is 309 g/mol. The Morgan fingerprint density at radius 2 is 1.90 bits per heavy atom. The van der Waals surface area contributed by atoms with E-state index in [2.05, 4.69) is 17.9 Å². The summed E-state index contributed by atoms with van der Waals surface area (Å²) in [7, 11) is 0. The van der Waals surface area contributed by atoms with Crippen LogP contribution in [0.4, 0.5) is 0 Å². The Morgan fingerprint density at radius 3 is 2.38 bits per heavy atom. The van der Waals surface area contributed by atoms with Gasteiger partial charge in [-0.1, -0.05) is 44.2 Å². The van der Waals surface area contributed by atoms with Gasteiger partial charge in [0.15, 0.2) is 0 Å². The van der Waals surface area contributed by atoms with Gasteiger partial charge in [-0.25, -0.2) is 0 Å². The van der Waals surface area contributed by atoms with Gasteiger partial charge in [-0.3, -0.25) is 9.59 Å². The minimum Gasteiger partial charge on any atom is -0.481 e. The van der Waals surface area contributed by atoms with Crippen molar-refractivity contribution in [2.24, 2.45) is 11.8 Å². The van der Waals surface area contributed by atoms with Crippen LogP contribution in [0.2, 0.25) is 0 Å². The summed E-state index contributed by atoms with van der Waals surface area (Å²) in [6.07, 6.45) is 0.672. The van der Waals surface area contributed by atoms with Crippen molar-refractivity contribution in [3.8, 4) is 0 Å². The van der Waals surface area contributed by atoms with Gasteiger partial charge in [-0.05, 0) is 17.9 Å². The molecule has 0 bridgehead atoms. The molecule has 3 atom stereocenters. The molecule has 0 saturated heterocycles. The summed E-state index contributed by atoms with van der Waals surface area (Å²) in [6, 6.07) is 9.52. The molecule has 4 nitrogen and oxygen atoms in total. The molecule has 116 valence electrons. The Morgan fingerprint density at radius 1 is 1.29 bits per heavy atom. The van der Waals surface area contributed by atoms with E-state index in [-0.39, 0.29) is 11.8 Å². The fraction of sp³-hybridized carbons (Fsp3) is 0.500. The first-order valence-electron chi connectivity index (χ1n) is 7.19. The number of rotatable bonds is 8. The molecule has 1 aromatic carbocycles. The van der Waals surface area contributed by atoms with Crippen molar-refractivity contribution < 1.29 is 14.7 Å². The standard InChI is InChI=1S/C16H23NO3S/c1-3-13(12-7-5-4-6-8-12)14(16(19)20)11(2)15(18)17-9-10-21/h4-8,11,13-14,21H,3,9-10H2,1-2H3,(H,17,18)(H,19,20). The van der Waals surface area contributed by atoms with E-state index in [1.54, 1.807) is 6.92 Å². The second-order valence-electron chi connectivity index (χ2n) is 5.09. The summed E-state index contributed by atoms with van der Waals surface area (Å²) in [6.45, 7) is 4.07. The van der Waals surface area contributed by atoms with Crippen LogP contribution in [0.25, 0.3) is 0 Å². The number of carbonyl (C=O) groups excluding carboxylic acids is 1. The van der Waals surface area contributed by atoms with Gasteiger partial charge in [-0.2, -0.15) is 12.6 Å². The quantitative estimate of drug-likeness (QED) is 0.647. The lowest BCUT2D eigenvalue weighted by molar-refractivity contribution is -0.148. The Bertz CT molecular complexity index is 464. The molecule has 0 heterocycles. The number of amides is 1. The number of aliphatic carboxylic acids is 1. The molecule has 0 aliphatic carbocycles. The summed E-state index contributed by atoms with van der Waals surface area (Å²) in [4.78, 5) is 23.8. The van der Waals surface area contributed by atoms with E-state index in [4.69, 9.17) is 0 Å². The van der Waals surface area contributed by atoms with Crippen molar-refractivity contribution in [3.63, 3.8) is 0 Å². The van der Waals surface area contributed by atoms with Crippen molar-refractivity contribution in [2.75, 3.05) is 12.3 Å². The van der Waals surface area contributed by atoms with Gasteiger partial charge in [0.2, 0.25) is 5.91 Å². The summed E-state index contributed by atoms with van der Waals surface area (Å²) in [5.41, 5.74) is 0.959. The largest absolute Gasteiger partial charge is 0.481 e. The van der Waals surface area contributed by atoms with Gasteiger partial charge in [0.05, 0.1) is 5.92 Å². The van der Waals surface area contributed by atoms with Crippen molar-refractivity contribution in [2.45, 2.75) is 26.2 Å². The molecule has 1 aromatic rings. The number of carbonyl (C=O) groups is 2. The second-order valence-corrected chi connectivity index (χ2v) is 5.54. The number of hydrogen-bond donors (Lipinski definition) is 3. The topological polar surface area (TPSA) is 66.4 Å². The maximum Gasteiger partial charge on any atom is 0.307 e. The van der Waals surface area contributed by atoms with Crippen molar-refractivity contribution in [3.05, 3.63) is 35.9 Å². The van der Waals surface area contributed by atoms with Crippen LogP contribution < -0.4 is 5.32 Å². The minimum atomic E-state index is -0.931. The SMILES string of the molecule is CCC(c1ccccc1)C(C(=O)O)C(C)C(=O)NCCS. The third-order valence-electron chi connectivity index (χ3n) is 3.75. The Balaban J connectivity index is 2.98. The van der Waals surface area contributed by atoms with Crippen LogP contribution >= 0.6 is 12.6 Å². The normalized spacial score (nSPS) is 15.0. The fourth-order valence-corrected chi connectivity index (χ4v) is 2.75. The van der Waals surface area contributed by atoms with E-state index in [0.717, 1.165) is 5.56 Å². The van der Waals surface area contributed by atoms with E-state index in [0.29, 0.717) is 18.7 Å². The predicted molar refractivity (Wildman–Crippen MR) is 86.6 cm³/mol. The van der Waals surface area contributed by atoms with Gasteiger partial charge in [0, 0.05) is 18.2 Å². The van der Waals surface area contributed by atoms with Crippen LogP contribution in [0.1, 0.15) is 31.7 Å². The highest BCUT2D eigenvalue weighted by atomic mass is 32.1. The lowest BCUT2D eigenvalue weighted by Crippen LogP contribution is -2.39. The Hall–Kier alpha value is -1.49. The summed E-state index contributed by atoms with van der Waals surface area (Å²) in [5.74, 6) is -2.14. The molecule has 0 radical (unpaired) electrons. The summed E-state index contributed by atoms with van der Waals surface area (Å²) < 4.78 is 0. The molecule has 1 rings (SSSR count). The summed E-state index contributed by atoms with van der Waals surface area (Å²) >= 11 is 4.04. The first-order chi connectivity index (χ1) is 10.0. The van der Waals surface area contributed by atoms with Crippen LogP contribution in [-0.2, 0) is 9.59 Å². The number of hydrogen-bond acceptors (Lipinski definition) is 3. The van der Waals surface area contributed by atoms with Crippen LogP contribution in [-0.4, -0.2) is 29.3 Å². The zero-order chi connectivity index (χ0) is 15.8. The molecule has 0 aliphatic heterocycles. The molecule has 0 aromatic heterocycles. The Labute approximate surface area is 131 Å². The molecule has 21 heavy (non-hydrogen) atoms. The van der Waals surface area contributed by atoms with Gasteiger partial charge in [0.25, 0.3) is 0 Å². The molecule has 2 N–H and O–H groups in total. The molecular formula is C16H23NO3S. The van der Waals surface area contributed by atoms with E-state index in [1.807, 2.05) is 37.3 Å². The van der Waals surface area contributed by atoms with Gasteiger partial charge in [0.1, 0.15) is 0 Å².